The highest BCUT2D eigenvalue weighted by molar-refractivity contribution is 5.87. The van der Waals surface area contributed by atoms with Crippen molar-refractivity contribution in [2.45, 2.75) is 59.1 Å². The quantitative estimate of drug-likeness (QED) is 0.828. The second kappa shape index (κ2) is 7.83. The normalized spacial score (nSPS) is 23.3. The first-order chi connectivity index (χ1) is 11.2. The van der Waals surface area contributed by atoms with Gasteiger partial charge in [-0.3, -0.25) is 14.5 Å². The largest absolute Gasteiger partial charge is 0.391 e. The van der Waals surface area contributed by atoms with Crippen LogP contribution in [0.5, 0.6) is 0 Å². The molecule has 2 fully saturated rings. The molecule has 6 heteroatoms. The van der Waals surface area contributed by atoms with E-state index in [2.05, 4.69) is 4.90 Å². The van der Waals surface area contributed by atoms with Crippen molar-refractivity contribution in [2.24, 2.45) is 5.41 Å². The number of likely N-dealkylation sites (tertiary alicyclic amines) is 1. The summed E-state index contributed by atoms with van der Waals surface area (Å²) in [6.45, 7) is 12.2. The van der Waals surface area contributed by atoms with Gasteiger partial charge in [-0.15, -0.1) is 0 Å². The summed E-state index contributed by atoms with van der Waals surface area (Å²) < 4.78 is 0. The van der Waals surface area contributed by atoms with Gasteiger partial charge in [0, 0.05) is 45.7 Å². The van der Waals surface area contributed by atoms with Gasteiger partial charge in [0.1, 0.15) is 6.04 Å². The summed E-state index contributed by atoms with van der Waals surface area (Å²) in [7, 11) is 0. The van der Waals surface area contributed by atoms with E-state index in [4.69, 9.17) is 0 Å². The Balaban J connectivity index is 1.83. The van der Waals surface area contributed by atoms with Gasteiger partial charge in [0.25, 0.3) is 0 Å². The molecule has 2 saturated heterocycles. The van der Waals surface area contributed by atoms with Crippen LogP contribution < -0.4 is 0 Å². The predicted octanol–water partition coefficient (Wildman–Crippen LogP) is 0.939. The Morgan fingerprint density at radius 3 is 2.29 bits per heavy atom. The number of rotatable bonds is 4. The third-order valence-electron chi connectivity index (χ3n) is 5.30. The summed E-state index contributed by atoms with van der Waals surface area (Å²) in [5.74, 6) is 0.162. The number of aliphatic hydroxyl groups is 1. The Labute approximate surface area is 145 Å². The fraction of sp³-hybridized carbons (Fsp3) is 0.889. The molecule has 0 radical (unpaired) electrons. The Hall–Kier alpha value is -1.14. The number of hydrogen-bond acceptors (Lipinski definition) is 4. The van der Waals surface area contributed by atoms with E-state index in [0.29, 0.717) is 32.6 Å². The Kier molecular flexibility index (Phi) is 6.26. The fourth-order valence-corrected chi connectivity index (χ4v) is 3.30. The van der Waals surface area contributed by atoms with E-state index in [0.717, 1.165) is 25.9 Å². The van der Waals surface area contributed by atoms with Crippen molar-refractivity contribution in [3.8, 4) is 0 Å². The number of amides is 2. The van der Waals surface area contributed by atoms with Crippen LogP contribution in [0.25, 0.3) is 0 Å². The van der Waals surface area contributed by atoms with E-state index in [1.54, 1.807) is 4.90 Å². The monoisotopic (exact) mass is 339 g/mol. The van der Waals surface area contributed by atoms with Crippen LogP contribution in [0.1, 0.15) is 47.0 Å². The average molecular weight is 339 g/mol. The van der Waals surface area contributed by atoms with Gasteiger partial charge in [0.05, 0.1) is 6.10 Å². The second-order valence-corrected chi connectivity index (χ2v) is 8.23. The molecular formula is C18H33N3O3. The highest BCUT2D eigenvalue weighted by Crippen LogP contribution is 2.21. The lowest BCUT2D eigenvalue weighted by atomic mass is 9.89. The van der Waals surface area contributed by atoms with Crippen LogP contribution in [0, 0.1) is 5.41 Å². The van der Waals surface area contributed by atoms with Gasteiger partial charge in [0.2, 0.25) is 11.8 Å². The van der Waals surface area contributed by atoms with Crippen molar-refractivity contribution in [1.29, 1.82) is 0 Å². The van der Waals surface area contributed by atoms with Crippen LogP contribution in [0.3, 0.4) is 0 Å². The summed E-state index contributed by atoms with van der Waals surface area (Å²) in [4.78, 5) is 30.5. The number of carbonyl (C=O) groups excluding carboxylic acids is 2. The first-order valence-corrected chi connectivity index (χ1v) is 9.19. The van der Waals surface area contributed by atoms with Gasteiger partial charge in [-0.2, -0.15) is 0 Å². The molecule has 0 bridgehead atoms. The van der Waals surface area contributed by atoms with Gasteiger partial charge in [0.15, 0.2) is 0 Å². The Morgan fingerprint density at radius 1 is 1.12 bits per heavy atom. The van der Waals surface area contributed by atoms with Gasteiger partial charge >= 0.3 is 0 Å². The lowest BCUT2D eigenvalue weighted by molar-refractivity contribution is -0.147. The molecule has 1 N–H and O–H groups in total. The number of carbonyl (C=O) groups is 2. The standard InChI is InChI=1S/C18H33N3O3/c1-14(21-8-6-5-7-16(21)23)17(24)20-11-9-19(10-12-20)13-15(22)18(2,3)4/h14-15,22H,5-13H2,1-4H3/t14-,15+/m1/s1. The molecule has 0 aromatic heterocycles. The number of piperidine rings is 1. The van der Waals surface area contributed by atoms with E-state index in [1.165, 1.54) is 0 Å². The Bertz CT molecular complexity index is 453. The number of hydrogen-bond donors (Lipinski definition) is 1. The van der Waals surface area contributed by atoms with E-state index in [9.17, 15) is 14.7 Å². The topological polar surface area (TPSA) is 64.1 Å². The molecule has 0 aromatic carbocycles. The zero-order valence-electron chi connectivity index (χ0n) is 15.6. The van der Waals surface area contributed by atoms with Crippen LogP contribution in [-0.2, 0) is 9.59 Å². The highest BCUT2D eigenvalue weighted by Gasteiger charge is 2.33. The molecule has 24 heavy (non-hydrogen) atoms. The molecule has 2 aliphatic rings. The van der Waals surface area contributed by atoms with E-state index >= 15 is 0 Å². The molecule has 0 aromatic rings. The van der Waals surface area contributed by atoms with Crippen LogP contribution in [-0.4, -0.2) is 83.0 Å². The third-order valence-corrected chi connectivity index (χ3v) is 5.30. The molecule has 2 heterocycles. The molecule has 0 aliphatic carbocycles. The SMILES string of the molecule is C[C@H](C(=O)N1CCN(C[C@H](O)C(C)(C)C)CC1)N1CCCCC1=O. The van der Waals surface area contributed by atoms with Crippen LogP contribution >= 0.6 is 0 Å². The molecule has 2 rings (SSSR count). The molecule has 2 aliphatic heterocycles. The van der Waals surface area contributed by atoms with E-state index in [1.807, 2.05) is 32.6 Å². The first-order valence-electron chi connectivity index (χ1n) is 9.19. The van der Waals surface area contributed by atoms with Crippen molar-refractivity contribution in [3.63, 3.8) is 0 Å². The molecule has 2 atom stereocenters. The molecule has 2 amide bonds. The van der Waals surface area contributed by atoms with E-state index in [-0.39, 0.29) is 29.4 Å². The summed E-state index contributed by atoms with van der Waals surface area (Å²) in [6.07, 6.45) is 2.12. The lowest BCUT2D eigenvalue weighted by Crippen LogP contribution is -2.56. The maximum Gasteiger partial charge on any atom is 0.245 e. The molecule has 138 valence electrons. The molecular weight excluding hydrogens is 306 g/mol. The summed E-state index contributed by atoms with van der Waals surface area (Å²) in [5.41, 5.74) is -0.129. The maximum absolute atomic E-state index is 12.7. The zero-order valence-corrected chi connectivity index (χ0v) is 15.6. The number of β-amino-alcohol motifs (C(OH)–C–C–N with tert-alkyl or cyclic N) is 1. The summed E-state index contributed by atoms with van der Waals surface area (Å²) in [5, 5.41) is 10.2. The minimum atomic E-state index is -0.371. The lowest BCUT2D eigenvalue weighted by Gasteiger charge is -2.40. The number of piperazine rings is 1. The summed E-state index contributed by atoms with van der Waals surface area (Å²) >= 11 is 0. The highest BCUT2D eigenvalue weighted by atomic mass is 16.3. The molecule has 0 unspecified atom stereocenters. The first kappa shape index (κ1) is 19.2. The zero-order chi connectivity index (χ0) is 17.9. The Morgan fingerprint density at radius 2 is 1.75 bits per heavy atom. The second-order valence-electron chi connectivity index (χ2n) is 8.23. The van der Waals surface area contributed by atoms with Gasteiger partial charge < -0.3 is 14.9 Å². The van der Waals surface area contributed by atoms with Crippen molar-refractivity contribution in [2.75, 3.05) is 39.3 Å². The summed E-state index contributed by atoms with van der Waals surface area (Å²) in [6, 6.07) is -0.357. The average Bonchev–Trinajstić information content (AvgIpc) is 2.54. The predicted molar refractivity (Wildman–Crippen MR) is 93.5 cm³/mol. The van der Waals surface area contributed by atoms with Crippen molar-refractivity contribution < 1.29 is 14.7 Å². The minimum Gasteiger partial charge on any atom is -0.391 e. The van der Waals surface area contributed by atoms with Crippen LogP contribution in [0.4, 0.5) is 0 Å². The number of nitrogens with zero attached hydrogens (tertiary/aromatic N) is 3. The van der Waals surface area contributed by atoms with Crippen molar-refractivity contribution in [3.05, 3.63) is 0 Å². The smallest absolute Gasteiger partial charge is 0.245 e. The fourth-order valence-electron chi connectivity index (χ4n) is 3.30. The maximum atomic E-state index is 12.7. The van der Waals surface area contributed by atoms with Gasteiger partial charge in [-0.05, 0) is 25.2 Å². The van der Waals surface area contributed by atoms with Crippen LogP contribution in [0.15, 0.2) is 0 Å². The van der Waals surface area contributed by atoms with Gasteiger partial charge in [-0.25, -0.2) is 0 Å². The van der Waals surface area contributed by atoms with Crippen LogP contribution in [0.2, 0.25) is 0 Å². The molecule has 0 saturated carbocycles. The van der Waals surface area contributed by atoms with Gasteiger partial charge in [-0.1, -0.05) is 20.8 Å². The molecule has 6 nitrogen and oxygen atoms in total. The number of aliphatic hydroxyl groups excluding tert-OH is 1. The molecule has 0 spiro atoms. The van der Waals surface area contributed by atoms with Crippen molar-refractivity contribution >= 4 is 11.8 Å². The van der Waals surface area contributed by atoms with E-state index < -0.39 is 0 Å². The minimum absolute atomic E-state index is 0.0567. The third kappa shape index (κ3) is 4.70. The van der Waals surface area contributed by atoms with Crippen molar-refractivity contribution in [1.82, 2.24) is 14.7 Å².